The van der Waals surface area contributed by atoms with Gasteiger partial charge in [0.15, 0.2) is 0 Å². The van der Waals surface area contributed by atoms with Crippen LogP contribution in [0.4, 0.5) is 5.69 Å². The molecule has 1 aromatic heterocycles. The molecule has 0 saturated carbocycles. The van der Waals surface area contributed by atoms with E-state index in [4.69, 9.17) is 5.11 Å². The minimum Gasteiger partial charge on any atom is -0.478 e. The fourth-order valence-electron chi connectivity index (χ4n) is 2.34. The number of aliphatic carboxylic acids is 2. The molecule has 7 heteroatoms. The molecule has 0 radical (unpaired) electrons. The van der Waals surface area contributed by atoms with Gasteiger partial charge in [-0.25, -0.2) is 9.59 Å². The van der Waals surface area contributed by atoms with Gasteiger partial charge in [0.1, 0.15) is 5.70 Å². The Morgan fingerprint density at radius 3 is 2.78 bits per heavy atom. The van der Waals surface area contributed by atoms with Crippen molar-refractivity contribution in [2.24, 2.45) is 0 Å². The van der Waals surface area contributed by atoms with Crippen molar-refractivity contribution in [3.8, 4) is 0 Å². The molecule has 0 saturated heterocycles. The summed E-state index contributed by atoms with van der Waals surface area (Å²) in [5.41, 5.74) is -0.638. The SMILES string of the molecule is O=C(O)C1=CC=CC(Nc2ccc3ncccc3c2)(C(=O)O)N1. The van der Waals surface area contributed by atoms with Crippen LogP contribution in [0.25, 0.3) is 10.9 Å². The number of dihydropyridines is 1. The van der Waals surface area contributed by atoms with Crippen LogP contribution < -0.4 is 10.6 Å². The highest BCUT2D eigenvalue weighted by atomic mass is 16.4. The number of fused-ring (bicyclic) bond motifs is 1. The number of hydrogen-bond acceptors (Lipinski definition) is 5. The second-order valence-electron chi connectivity index (χ2n) is 5.02. The van der Waals surface area contributed by atoms with E-state index >= 15 is 0 Å². The lowest BCUT2D eigenvalue weighted by Crippen LogP contribution is -2.58. The first-order valence-corrected chi connectivity index (χ1v) is 6.77. The number of aromatic nitrogens is 1. The average molecular weight is 311 g/mol. The van der Waals surface area contributed by atoms with E-state index in [9.17, 15) is 14.7 Å². The topological polar surface area (TPSA) is 112 Å². The summed E-state index contributed by atoms with van der Waals surface area (Å²) < 4.78 is 0. The number of carboxylic acid groups (broad SMARTS) is 2. The lowest BCUT2D eigenvalue weighted by Gasteiger charge is -2.32. The standard InChI is InChI=1S/C16H13N3O4/c20-14(21)13-4-1-7-16(19-13,15(22)23)18-11-5-6-12-10(9-11)3-2-8-17-12/h1-9,18-19H,(H,20,21)(H,22,23). The number of allylic oxidation sites excluding steroid dienone is 2. The number of benzene rings is 1. The largest absolute Gasteiger partial charge is 0.478 e. The van der Waals surface area contributed by atoms with Crippen molar-refractivity contribution in [3.05, 3.63) is 60.5 Å². The molecule has 0 amide bonds. The van der Waals surface area contributed by atoms with Gasteiger partial charge in [-0.05, 0) is 36.4 Å². The second kappa shape index (κ2) is 5.45. The van der Waals surface area contributed by atoms with Gasteiger partial charge in [0.2, 0.25) is 5.66 Å². The third kappa shape index (κ3) is 2.71. The van der Waals surface area contributed by atoms with Crippen LogP contribution in [0, 0.1) is 0 Å². The van der Waals surface area contributed by atoms with Gasteiger partial charge in [0.25, 0.3) is 0 Å². The Hall–Kier alpha value is -3.35. The molecule has 0 spiro atoms. The molecular weight excluding hydrogens is 298 g/mol. The third-order valence-electron chi connectivity index (χ3n) is 3.45. The average Bonchev–Trinajstić information content (AvgIpc) is 2.55. The van der Waals surface area contributed by atoms with Gasteiger partial charge in [-0.15, -0.1) is 0 Å². The summed E-state index contributed by atoms with van der Waals surface area (Å²) in [4.78, 5) is 27.0. The van der Waals surface area contributed by atoms with E-state index in [-0.39, 0.29) is 5.70 Å². The van der Waals surface area contributed by atoms with E-state index in [0.717, 1.165) is 10.9 Å². The summed E-state index contributed by atoms with van der Waals surface area (Å²) in [5, 5.41) is 24.8. The van der Waals surface area contributed by atoms with Gasteiger partial charge in [-0.3, -0.25) is 4.98 Å². The van der Waals surface area contributed by atoms with Gasteiger partial charge in [0, 0.05) is 17.3 Å². The molecule has 1 unspecified atom stereocenters. The molecule has 1 aliphatic rings. The van der Waals surface area contributed by atoms with Crippen LogP contribution in [0.15, 0.2) is 60.5 Å². The summed E-state index contributed by atoms with van der Waals surface area (Å²) in [7, 11) is 0. The zero-order valence-electron chi connectivity index (χ0n) is 11.9. The summed E-state index contributed by atoms with van der Waals surface area (Å²) >= 11 is 0. The van der Waals surface area contributed by atoms with Crippen LogP contribution in [0.1, 0.15) is 0 Å². The van der Waals surface area contributed by atoms with Gasteiger partial charge >= 0.3 is 11.9 Å². The molecule has 23 heavy (non-hydrogen) atoms. The van der Waals surface area contributed by atoms with E-state index in [1.807, 2.05) is 6.07 Å². The summed E-state index contributed by atoms with van der Waals surface area (Å²) in [5.74, 6) is -2.48. The van der Waals surface area contributed by atoms with Crippen LogP contribution in [0.2, 0.25) is 0 Å². The zero-order valence-corrected chi connectivity index (χ0v) is 11.9. The summed E-state index contributed by atoms with van der Waals surface area (Å²) in [6.45, 7) is 0. The predicted octanol–water partition coefficient (Wildman–Crippen LogP) is 1.56. The molecule has 7 nitrogen and oxygen atoms in total. The lowest BCUT2D eigenvalue weighted by molar-refractivity contribution is -0.141. The maximum absolute atomic E-state index is 11.7. The number of pyridine rings is 1. The van der Waals surface area contributed by atoms with Gasteiger partial charge in [-0.1, -0.05) is 12.1 Å². The molecule has 1 aromatic carbocycles. The molecule has 1 atom stereocenters. The first-order valence-electron chi connectivity index (χ1n) is 6.77. The maximum atomic E-state index is 11.7. The maximum Gasteiger partial charge on any atom is 0.354 e. The molecule has 3 rings (SSSR count). The van der Waals surface area contributed by atoms with Gasteiger partial charge in [0.05, 0.1) is 5.52 Å². The van der Waals surface area contributed by atoms with Crippen molar-refractivity contribution in [2.45, 2.75) is 5.66 Å². The Kier molecular flexibility index (Phi) is 3.46. The van der Waals surface area contributed by atoms with Crippen molar-refractivity contribution in [2.75, 3.05) is 5.32 Å². The summed E-state index contributed by atoms with van der Waals surface area (Å²) in [6.07, 6.45) is 5.72. The Morgan fingerprint density at radius 1 is 1.22 bits per heavy atom. The van der Waals surface area contributed by atoms with Crippen molar-refractivity contribution >= 4 is 28.5 Å². The second-order valence-corrected chi connectivity index (χ2v) is 5.02. The number of nitrogens with one attached hydrogen (secondary N) is 2. The van der Waals surface area contributed by atoms with Crippen molar-refractivity contribution in [3.63, 3.8) is 0 Å². The Labute approximate surface area is 131 Å². The highest BCUT2D eigenvalue weighted by Crippen LogP contribution is 2.23. The molecular formula is C16H13N3O4. The Balaban J connectivity index is 1.96. The molecule has 0 bridgehead atoms. The number of carboxylic acids is 2. The van der Waals surface area contributed by atoms with Crippen molar-refractivity contribution < 1.29 is 19.8 Å². The fourth-order valence-corrected chi connectivity index (χ4v) is 2.34. The van der Waals surface area contributed by atoms with Gasteiger partial charge in [-0.2, -0.15) is 0 Å². The van der Waals surface area contributed by atoms with Crippen molar-refractivity contribution in [1.82, 2.24) is 10.3 Å². The normalized spacial score (nSPS) is 19.7. The quantitative estimate of drug-likeness (QED) is 0.678. The number of anilines is 1. The zero-order chi connectivity index (χ0) is 16.4. The minimum absolute atomic E-state index is 0.204. The Morgan fingerprint density at radius 2 is 2.04 bits per heavy atom. The van der Waals surface area contributed by atoms with Crippen LogP contribution in [0.3, 0.4) is 0 Å². The van der Waals surface area contributed by atoms with E-state index in [1.54, 1.807) is 30.5 Å². The molecule has 4 N–H and O–H groups in total. The highest BCUT2D eigenvalue weighted by Gasteiger charge is 2.39. The van der Waals surface area contributed by atoms with Crippen LogP contribution >= 0.6 is 0 Å². The molecule has 0 fully saturated rings. The first-order chi connectivity index (χ1) is 11.0. The molecule has 116 valence electrons. The lowest BCUT2D eigenvalue weighted by atomic mass is 10.0. The van der Waals surface area contributed by atoms with E-state index in [1.165, 1.54) is 18.2 Å². The number of hydrogen-bond donors (Lipinski definition) is 4. The van der Waals surface area contributed by atoms with E-state index in [2.05, 4.69) is 15.6 Å². The molecule has 2 aromatic rings. The third-order valence-corrected chi connectivity index (χ3v) is 3.45. The molecule has 1 aliphatic heterocycles. The van der Waals surface area contributed by atoms with Crippen LogP contribution in [-0.4, -0.2) is 32.8 Å². The number of nitrogens with zero attached hydrogens (tertiary/aromatic N) is 1. The molecule has 0 aliphatic carbocycles. The smallest absolute Gasteiger partial charge is 0.354 e. The minimum atomic E-state index is -1.74. The fraction of sp³-hybridized carbons (Fsp3) is 0.0625. The van der Waals surface area contributed by atoms with E-state index < -0.39 is 17.6 Å². The predicted molar refractivity (Wildman–Crippen MR) is 83.7 cm³/mol. The number of rotatable bonds is 4. The number of carbonyl (C=O) groups is 2. The summed E-state index contributed by atoms with van der Waals surface area (Å²) in [6, 6.07) is 8.83. The van der Waals surface area contributed by atoms with Gasteiger partial charge < -0.3 is 20.8 Å². The van der Waals surface area contributed by atoms with Crippen LogP contribution in [0.5, 0.6) is 0 Å². The van der Waals surface area contributed by atoms with Crippen molar-refractivity contribution in [1.29, 1.82) is 0 Å². The van der Waals surface area contributed by atoms with Crippen LogP contribution in [-0.2, 0) is 9.59 Å². The molecule has 2 heterocycles. The first kappa shape index (κ1) is 14.6. The highest BCUT2D eigenvalue weighted by molar-refractivity contribution is 5.93. The van der Waals surface area contributed by atoms with E-state index in [0.29, 0.717) is 5.69 Å². The monoisotopic (exact) mass is 311 g/mol. The Bertz CT molecular complexity index is 859.